The molecule has 1 aromatic heterocycles. The van der Waals surface area contributed by atoms with Gasteiger partial charge in [0, 0.05) is 42.7 Å². The quantitative estimate of drug-likeness (QED) is 0.0526. The topological polar surface area (TPSA) is 191 Å². The number of nitrogens with zero attached hydrogens (tertiary/aromatic N) is 2. The summed E-state index contributed by atoms with van der Waals surface area (Å²) in [6, 6.07) is 5.51. The van der Waals surface area contributed by atoms with Gasteiger partial charge < -0.3 is 41.3 Å². The number of carbonyl (C=O) groups excluding carboxylic acids is 4. The van der Waals surface area contributed by atoms with Crippen LogP contribution in [0.15, 0.2) is 29.6 Å². The maximum Gasteiger partial charge on any atom is 0.309 e. The molecule has 15 heteroatoms. The number of nitrogens with one attached hydrogen (secondary N) is 5. The lowest BCUT2D eigenvalue weighted by molar-refractivity contribution is -0.147. The van der Waals surface area contributed by atoms with Crippen LogP contribution in [0.3, 0.4) is 0 Å². The summed E-state index contributed by atoms with van der Waals surface area (Å²) in [6.07, 6.45) is 7.92. The van der Waals surface area contributed by atoms with Crippen molar-refractivity contribution >= 4 is 46.6 Å². The molecule has 61 heavy (non-hydrogen) atoms. The molecule has 0 unspecified atom stereocenters. The molecular formula is C46H75N7O7S. The van der Waals surface area contributed by atoms with Gasteiger partial charge in [-0.1, -0.05) is 78.9 Å². The molecule has 1 fully saturated rings. The number of hydrogen-bond acceptors (Lipinski definition) is 10. The van der Waals surface area contributed by atoms with Gasteiger partial charge in [0.25, 0.3) is 5.91 Å². The number of ether oxygens (including phenoxy) is 1. The van der Waals surface area contributed by atoms with Crippen molar-refractivity contribution in [2.24, 2.45) is 17.3 Å². The molecule has 0 radical (unpaired) electrons. The zero-order valence-electron chi connectivity index (χ0n) is 38.2. The number of carboxylic acids is 1. The number of rotatable bonds is 27. The number of aliphatic carboxylic acids is 1. The van der Waals surface area contributed by atoms with Gasteiger partial charge in [-0.2, -0.15) is 0 Å². The van der Waals surface area contributed by atoms with E-state index < -0.39 is 35.5 Å². The van der Waals surface area contributed by atoms with Crippen molar-refractivity contribution in [2.45, 2.75) is 156 Å². The Bertz CT molecular complexity index is 1680. The van der Waals surface area contributed by atoms with E-state index >= 15 is 0 Å². The van der Waals surface area contributed by atoms with Crippen LogP contribution in [0.1, 0.15) is 147 Å². The monoisotopic (exact) mass is 870 g/mol. The highest BCUT2D eigenvalue weighted by Gasteiger charge is 2.38. The van der Waals surface area contributed by atoms with Crippen LogP contribution in [-0.2, 0) is 30.3 Å². The highest BCUT2D eigenvalue weighted by molar-refractivity contribution is 7.09. The summed E-state index contributed by atoms with van der Waals surface area (Å²) in [5.74, 6) is -1.79. The first-order valence-electron chi connectivity index (χ1n) is 22.5. The van der Waals surface area contributed by atoms with Gasteiger partial charge in [0.15, 0.2) is 0 Å². The molecule has 1 aliphatic heterocycles. The third-order valence-electron chi connectivity index (χ3n) is 11.7. The fraction of sp³-hybridized carbons (Fsp3) is 0.696. The van der Waals surface area contributed by atoms with Crippen LogP contribution in [0.2, 0.25) is 0 Å². The Labute approximate surface area is 368 Å². The van der Waals surface area contributed by atoms with Crippen molar-refractivity contribution < 1.29 is 33.8 Å². The second-order valence-corrected chi connectivity index (χ2v) is 18.5. The summed E-state index contributed by atoms with van der Waals surface area (Å²) >= 11 is 1.32. The summed E-state index contributed by atoms with van der Waals surface area (Å²) < 4.78 is 6.35. The minimum absolute atomic E-state index is 0.0474. The van der Waals surface area contributed by atoms with Crippen molar-refractivity contribution in [3.63, 3.8) is 0 Å². The van der Waals surface area contributed by atoms with Crippen molar-refractivity contribution in [1.29, 1.82) is 0 Å². The Morgan fingerprint density at radius 1 is 1.02 bits per heavy atom. The van der Waals surface area contributed by atoms with Gasteiger partial charge in [-0.25, -0.2) is 4.98 Å². The fourth-order valence-electron chi connectivity index (χ4n) is 7.81. The number of unbranched alkanes of at least 4 members (excludes halogenated alkanes) is 3. The minimum Gasteiger partial charge on any atom is -0.481 e. The second kappa shape index (κ2) is 25.9. The van der Waals surface area contributed by atoms with Crippen LogP contribution >= 0.6 is 11.3 Å². The molecule has 2 heterocycles. The molecule has 1 saturated heterocycles. The first kappa shape index (κ1) is 51.4. The molecule has 1 aliphatic rings. The third kappa shape index (κ3) is 16.4. The van der Waals surface area contributed by atoms with Gasteiger partial charge in [-0.15, -0.1) is 11.3 Å². The number of likely N-dealkylation sites (N-methyl/N-ethyl adjacent to an activating group) is 1. The van der Waals surface area contributed by atoms with Gasteiger partial charge in [0.2, 0.25) is 17.7 Å². The first-order valence-corrected chi connectivity index (χ1v) is 23.4. The number of carbonyl (C=O) groups is 5. The van der Waals surface area contributed by atoms with Crippen LogP contribution in [0, 0.1) is 17.3 Å². The number of carboxylic acid groups (broad SMARTS) is 1. The van der Waals surface area contributed by atoms with E-state index in [9.17, 15) is 29.1 Å². The predicted molar refractivity (Wildman–Crippen MR) is 243 cm³/mol. The molecule has 2 aromatic rings. The Balaban J connectivity index is 1.88. The number of aromatic nitrogens is 1. The normalized spacial score (nSPS) is 16.9. The molecule has 0 bridgehead atoms. The summed E-state index contributed by atoms with van der Waals surface area (Å²) in [6.45, 7) is 17.6. The minimum atomic E-state index is -1.12. The van der Waals surface area contributed by atoms with Crippen LogP contribution in [-0.4, -0.2) is 102 Å². The average Bonchev–Trinajstić information content (AvgIpc) is 3.73. The lowest BCUT2D eigenvalue weighted by Gasteiger charge is -2.40. The van der Waals surface area contributed by atoms with Gasteiger partial charge in [-0.05, 0) is 96.0 Å². The average molecular weight is 870 g/mol. The lowest BCUT2D eigenvalue weighted by atomic mass is 9.84. The summed E-state index contributed by atoms with van der Waals surface area (Å²) in [7, 11) is 1.69. The lowest BCUT2D eigenvalue weighted by Crippen LogP contribution is -2.58. The van der Waals surface area contributed by atoms with Crippen LogP contribution in [0.25, 0.3) is 0 Å². The highest BCUT2D eigenvalue weighted by Crippen LogP contribution is 2.32. The second-order valence-electron chi connectivity index (χ2n) is 17.6. The first-order chi connectivity index (χ1) is 29.0. The standard InChI is InChI=1S/C46H75N7O7S/c1-10-13-14-17-24-53(44(57)40(31(6)11-2)52-41(55)35-18-15-16-23-48-35)37(30(4)5)26-38(60-12-3)43-51-36(29-61-43)42(56)50-34(27-46(7,8)45(58)59)25-32-19-21-33(22-20-32)49-39(54)28-47-9/h19-22,29-31,34-35,37-38,40,47-48H,10-18,23-28H2,1-9H3,(H,49,54)(H,50,56)(H,52,55)(H,58,59)/t31-,34-,35+,37+,38+,40-/m0/s1. The molecule has 342 valence electrons. The molecule has 6 atom stereocenters. The summed E-state index contributed by atoms with van der Waals surface area (Å²) in [4.78, 5) is 73.3. The number of benzene rings is 1. The largest absolute Gasteiger partial charge is 0.481 e. The zero-order valence-corrected chi connectivity index (χ0v) is 39.1. The van der Waals surface area contributed by atoms with Gasteiger partial charge in [0.1, 0.15) is 22.8 Å². The number of piperidine rings is 1. The maximum absolute atomic E-state index is 14.8. The molecule has 1 aromatic carbocycles. The number of amides is 4. The van der Waals surface area contributed by atoms with Crippen molar-refractivity contribution in [3.05, 3.63) is 45.9 Å². The zero-order chi connectivity index (χ0) is 45.1. The molecule has 6 N–H and O–H groups in total. The van der Waals surface area contributed by atoms with E-state index in [2.05, 4.69) is 47.4 Å². The molecule has 0 spiro atoms. The van der Waals surface area contributed by atoms with Crippen LogP contribution in [0.4, 0.5) is 5.69 Å². The van der Waals surface area contributed by atoms with Gasteiger partial charge in [-0.3, -0.25) is 24.0 Å². The molecule has 14 nitrogen and oxygen atoms in total. The van der Waals surface area contributed by atoms with Gasteiger partial charge in [0.05, 0.1) is 18.0 Å². The Morgan fingerprint density at radius 3 is 2.33 bits per heavy atom. The van der Waals surface area contributed by atoms with Crippen molar-refractivity contribution in [2.75, 3.05) is 38.6 Å². The van der Waals surface area contributed by atoms with Gasteiger partial charge >= 0.3 is 5.97 Å². The molecule has 0 saturated carbocycles. The molecule has 4 amide bonds. The number of hydrogen-bond donors (Lipinski definition) is 6. The Kier molecular flexibility index (Phi) is 21.8. The molecule has 3 rings (SSSR count). The van der Waals surface area contributed by atoms with E-state index in [1.807, 2.05) is 37.8 Å². The van der Waals surface area contributed by atoms with E-state index in [4.69, 9.17) is 9.72 Å². The van der Waals surface area contributed by atoms with E-state index in [0.717, 1.165) is 63.5 Å². The predicted octanol–water partition coefficient (Wildman–Crippen LogP) is 6.72. The number of anilines is 1. The molecule has 0 aliphatic carbocycles. The van der Waals surface area contributed by atoms with E-state index in [1.54, 1.807) is 38.4 Å². The van der Waals surface area contributed by atoms with E-state index in [0.29, 0.717) is 36.7 Å². The third-order valence-corrected chi connectivity index (χ3v) is 12.6. The molecular weight excluding hydrogens is 795 g/mol. The summed E-state index contributed by atoms with van der Waals surface area (Å²) in [5.41, 5.74) is 0.576. The smallest absolute Gasteiger partial charge is 0.309 e. The van der Waals surface area contributed by atoms with Crippen molar-refractivity contribution in [3.8, 4) is 0 Å². The van der Waals surface area contributed by atoms with E-state index in [-0.39, 0.29) is 60.3 Å². The van der Waals surface area contributed by atoms with E-state index in [1.165, 1.54) is 11.3 Å². The Morgan fingerprint density at radius 2 is 1.74 bits per heavy atom. The highest BCUT2D eigenvalue weighted by atomic mass is 32.1. The Hall–Kier alpha value is -3.92. The SMILES string of the molecule is CCCCCCN(C(=O)[C@@H](NC(=O)[C@H]1CCCCN1)[C@@H](C)CC)[C@H](C[C@@H](OCC)c1nc(C(=O)N[C@@H](Cc2ccc(NC(=O)CNC)cc2)CC(C)(C)C(=O)O)cs1)C(C)C. The summed E-state index contributed by atoms with van der Waals surface area (Å²) in [5, 5.41) is 27.5. The van der Waals surface area contributed by atoms with Crippen LogP contribution in [0.5, 0.6) is 0 Å². The maximum atomic E-state index is 14.8. The van der Waals surface area contributed by atoms with Crippen LogP contribution < -0.4 is 26.6 Å². The number of thiazole rings is 1. The van der Waals surface area contributed by atoms with Crippen molar-refractivity contribution in [1.82, 2.24) is 31.2 Å². The fourth-order valence-corrected chi connectivity index (χ4v) is 8.67.